The van der Waals surface area contributed by atoms with E-state index in [2.05, 4.69) is 0 Å². The zero-order valence-electron chi connectivity index (χ0n) is 18.0. The Morgan fingerprint density at radius 2 is 0.706 bits per heavy atom. The molecule has 0 aliphatic carbocycles. The van der Waals surface area contributed by atoms with Crippen LogP contribution in [-0.2, 0) is 11.2 Å². The second kappa shape index (κ2) is 8.94. The van der Waals surface area contributed by atoms with Gasteiger partial charge in [0.2, 0.25) is 0 Å². The number of rotatable bonds is 7. The second-order valence-corrected chi connectivity index (χ2v) is 7.92. The van der Waals surface area contributed by atoms with Gasteiger partial charge in [-0.25, -0.2) is 9.59 Å². The first-order valence-electron chi connectivity index (χ1n) is 10.5. The summed E-state index contributed by atoms with van der Waals surface area (Å²) in [5.41, 5.74) is -2.82. The van der Waals surface area contributed by atoms with Crippen LogP contribution in [0.3, 0.4) is 0 Å². The van der Waals surface area contributed by atoms with Crippen molar-refractivity contribution in [1.29, 1.82) is 0 Å². The topological polar surface area (TPSA) is 115 Å². The Morgan fingerprint density at radius 1 is 0.441 bits per heavy atom. The molecule has 4 N–H and O–H groups in total. The van der Waals surface area contributed by atoms with Gasteiger partial charge in [-0.3, -0.25) is 0 Å². The fourth-order valence-electron chi connectivity index (χ4n) is 4.24. The molecular formula is C28H22O6. The van der Waals surface area contributed by atoms with Gasteiger partial charge in [-0.2, -0.15) is 0 Å². The second-order valence-electron chi connectivity index (χ2n) is 7.92. The number of hydrogen-bond acceptors (Lipinski definition) is 4. The fraction of sp³-hybridized carbons (Fsp3) is 0.0714. The van der Waals surface area contributed by atoms with Crippen molar-refractivity contribution in [3.8, 4) is 0 Å². The maximum atomic E-state index is 12.5. The first kappa shape index (κ1) is 22.9. The standard InChI is InChI=1S/C28H22O6/c29-25(30)19-11-15-23(16-12-19)27(33,21-7-3-1-4-8-21)28(34,22-9-5-2-6-10-22)24-17-13-20(14-18-24)26(31)32/h1-18,33-34H,(H,29,30)(H,31,32)/t27-,28-/m0/s1. The average Bonchev–Trinajstić information content (AvgIpc) is 2.88. The lowest BCUT2D eigenvalue weighted by molar-refractivity contribution is -0.113. The number of hydrogen-bond donors (Lipinski definition) is 4. The van der Waals surface area contributed by atoms with Crippen molar-refractivity contribution in [2.45, 2.75) is 11.2 Å². The molecule has 0 saturated carbocycles. The molecular weight excluding hydrogens is 432 g/mol. The van der Waals surface area contributed by atoms with E-state index in [0.717, 1.165) is 0 Å². The lowest BCUT2D eigenvalue weighted by atomic mass is 9.66. The molecule has 4 aromatic carbocycles. The Bertz CT molecular complexity index is 1200. The highest BCUT2D eigenvalue weighted by Gasteiger charge is 2.54. The highest BCUT2D eigenvalue weighted by atomic mass is 16.4. The zero-order valence-corrected chi connectivity index (χ0v) is 18.0. The molecule has 0 unspecified atom stereocenters. The molecule has 4 aromatic rings. The molecule has 6 heteroatoms. The highest BCUT2D eigenvalue weighted by Crippen LogP contribution is 2.49. The van der Waals surface area contributed by atoms with E-state index in [1.807, 2.05) is 0 Å². The smallest absolute Gasteiger partial charge is 0.335 e. The predicted octanol–water partition coefficient (Wildman–Crippen LogP) is 4.26. The summed E-state index contributed by atoms with van der Waals surface area (Å²) in [6, 6.07) is 28.5. The molecule has 0 radical (unpaired) electrons. The third-order valence-electron chi connectivity index (χ3n) is 6.01. The Kier molecular flexibility index (Phi) is 6.03. The molecule has 0 fully saturated rings. The summed E-state index contributed by atoms with van der Waals surface area (Å²) in [4.78, 5) is 22.8. The Hall–Kier alpha value is -4.26. The summed E-state index contributed by atoms with van der Waals surface area (Å²) >= 11 is 0. The average molecular weight is 454 g/mol. The van der Waals surface area contributed by atoms with Crippen molar-refractivity contribution in [3.63, 3.8) is 0 Å². The molecule has 0 saturated heterocycles. The van der Waals surface area contributed by atoms with Crippen LogP contribution in [0.2, 0.25) is 0 Å². The van der Waals surface area contributed by atoms with E-state index >= 15 is 0 Å². The van der Waals surface area contributed by atoms with Crippen LogP contribution in [0.4, 0.5) is 0 Å². The van der Waals surface area contributed by atoms with Gasteiger partial charge in [0.15, 0.2) is 11.2 Å². The summed E-state index contributed by atoms with van der Waals surface area (Å²) in [6.45, 7) is 0. The van der Waals surface area contributed by atoms with Gasteiger partial charge in [-0.1, -0.05) is 84.9 Å². The normalized spacial score (nSPS) is 14.5. The van der Waals surface area contributed by atoms with Gasteiger partial charge in [0.05, 0.1) is 11.1 Å². The van der Waals surface area contributed by atoms with E-state index in [1.165, 1.54) is 48.5 Å². The highest BCUT2D eigenvalue weighted by molar-refractivity contribution is 5.88. The van der Waals surface area contributed by atoms with Crippen molar-refractivity contribution < 1.29 is 30.0 Å². The van der Waals surface area contributed by atoms with E-state index in [0.29, 0.717) is 11.1 Å². The van der Waals surface area contributed by atoms with Gasteiger partial charge in [-0.05, 0) is 46.5 Å². The first-order valence-corrected chi connectivity index (χ1v) is 10.5. The molecule has 0 aromatic heterocycles. The molecule has 0 bridgehead atoms. The number of carboxylic acid groups (broad SMARTS) is 2. The van der Waals surface area contributed by atoms with Crippen molar-refractivity contribution in [2.24, 2.45) is 0 Å². The van der Waals surface area contributed by atoms with E-state index in [1.54, 1.807) is 60.7 Å². The molecule has 0 aliphatic rings. The summed E-state index contributed by atoms with van der Waals surface area (Å²) in [5, 5.41) is 43.6. The van der Waals surface area contributed by atoms with Crippen molar-refractivity contribution in [2.75, 3.05) is 0 Å². The molecule has 2 atom stereocenters. The molecule has 34 heavy (non-hydrogen) atoms. The lowest BCUT2D eigenvalue weighted by Crippen LogP contribution is -2.51. The molecule has 170 valence electrons. The minimum absolute atomic E-state index is 0.0354. The molecule has 6 nitrogen and oxygen atoms in total. The molecule has 0 aliphatic heterocycles. The number of carboxylic acids is 2. The van der Waals surface area contributed by atoms with Crippen LogP contribution >= 0.6 is 0 Å². The Morgan fingerprint density at radius 3 is 0.971 bits per heavy atom. The largest absolute Gasteiger partial charge is 0.478 e. The van der Waals surface area contributed by atoms with Crippen LogP contribution in [-0.4, -0.2) is 32.4 Å². The maximum absolute atomic E-state index is 12.5. The third-order valence-corrected chi connectivity index (χ3v) is 6.01. The summed E-state index contributed by atoms with van der Waals surface area (Å²) < 4.78 is 0. The summed E-state index contributed by atoms with van der Waals surface area (Å²) in [5.74, 6) is -2.23. The van der Waals surface area contributed by atoms with Gasteiger partial charge in [0.25, 0.3) is 0 Å². The third kappa shape index (κ3) is 3.75. The van der Waals surface area contributed by atoms with Crippen LogP contribution in [0, 0.1) is 0 Å². The van der Waals surface area contributed by atoms with Gasteiger partial charge in [0.1, 0.15) is 0 Å². The van der Waals surface area contributed by atoms with Crippen LogP contribution in [0.25, 0.3) is 0 Å². The van der Waals surface area contributed by atoms with Crippen LogP contribution in [0.5, 0.6) is 0 Å². The number of benzene rings is 4. The molecule has 4 rings (SSSR count). The van der Waals surface area contributed by atoms with E-state index in [4.69, 9.17) is 0 Å². The monoisotopic (exact) mass is 454 g/mol. The van der Waals surface area contributed by atoms with Crippen LogP contribution in [0.15, 0.2) is 109 Å². The first-order chi connectivity index (χ1) is 16.3. The summed E-state index contributed by atoms with van der Waals surface area (Å²) in [7, 11) is 0. The number of carbonyl (C=O) groups is 2. The maximum Gasteiger partial charge on any atom is 0.335 e. The predicted molar refractivity (Wildman–Crippen MR) is 126 cm³/mol. The quantitative estimate of drug-likeness (QED) is 0.332. The van der Waals surface area contributed by atoms with Crippen molar-refractivity contribution in [3.05, 3.63) is 143 Å². The SMILES string of the molecule is O=C(O)c1ccc([C@@](O)(c2ccccc2)[C@](O)(c2ccccc2)c2ccc(C(=O)O)cc2)cc1. The number of aliphatic hydroxyl groups is 2. The van der Waals surface area contributed by atoms with Crippen LogP contribution in [0.1, 0.15) is 43.0 Å². The Balaban J connectivity index is 2.05. The van der Waals surface area contributed by atoms with Crippen molar-refractivity contribution in [1.82, 2.24) is 0 Å². The van der Waals surface area contributed by atoms with Gasteiger partial charge in [0, 0.05) is 0 Å². The molecule has 0 spiro atoms. The number of aromatic carboxylic acids is 2. The lowest BCUT2D eigenvalue weighted by Gasteiger charge is -2.45. The minimum Gasteiger partial charge on any atom is -0.478 e. The summed E-state index contributed by atoms with van der Waals surface area (Å²) in [6.07, 6.45) is 0. The zero-order chi connectivity index (χ0) is 24.3. The minimum atomic E-state index is -2.07. The van der Waals surface area contributed by atoms with E-state index in [9.17, 15) is 30.0 Å². The fourth-order valence-corrected chi connectivity index (χ4v) is 4.24. The van der Waals surface area contributed by atoms with Gasteiger partial charge < -0.3 is 20.4 Å². The van der Waals surface area contributed by atoms with Crippen molar-refractivity contribution >= 4 is 11.9 Å². The molecule has 0 amide bonds. The van der Waals surface area contributed by atoms with Crippen LogP contribution < -0.4 is 0 Å². The van der Waals surface area contributed by atoms with E-state index in [-0.39, 0.29) is 22.3 Å². The Labute approximate surface area is 196 Å². The van der Waals surface area contributed by atoms with Gasteiger partial charge >= 0.3 is 11.9 Å². The molecule has 0 heterocycles. The van der Waals surface area contributed by atoms with Gasteiger partial charge in [-0.15, -0.1) is 0 Å². The van der Waals surface area contributed by atoms with E-state index < -0.39 is 23.1 Å².